The molecule has 142 valence electrons. The number of benzene rings is 3. The Morgan fingerprint density at radius 2 is 1.86 bits per heavy atom. The fourth-order valence-corrected chi connectivity index (χ4v) is 3.48. The molecule has 1 heterocycles. The van der Waals surface area contributed by atoms with E-state index >= 15 is 0 Å². The monoisotopic (exact) mass is 398 g/mol. The van der Waals surface area contributed by atoms with Gasteiger partial charge < -0.3 is 9.73 Å². The van der Waals surface area contributed by atoms with Crippen LogP contribution in [0.5, 0.6) is 0 Å². The first-order valence-electron chi connectivity index (χ1n) is 8.89. The van der Waals surface area contributed by atoms with Crippen molar-refractivity contribution >= 4 is 28.4 Å². The summed E-state index contributed by atoms with van der Waals surface area (Å²) in [4.78, 5) is 4.11. The third kappa shape index (κ3) is 3.45. The molecule has 0 bridgehead atoms. The third-order valence-corrected chi connectivity index (χ3v) is 5.05. The van der Waals surface area contributed by atoms with E-state index in [0.29, 0.717) is 16.1 Å². The van der Waals surface area contributed by atoms with Gasteiger partial charge in [0, 0.05) is 23.4 Å². The molecule has 1 aromatic heterocycles. The van der Waals surface area contributed by atoms with Gasteiger partial charge in [-0.25, -0.2) is 13.8 Å². The Morgan fingerprint density at radius 1 is 1.07 bits per heavy atom. The summed E-state index contributed by atoms with van der Waals surface area (Å²) in [5, 5.41) is 3.72. The van der Waals surface area contributed by atoms with Crippen molar-refractivity contribution in [3.63, 3.8) is 0 Å². The average molecular weight is 399 g/mol. The van der Waals surface area contributed by atoms with Gasteiger partial charge in [0.25, 0.3) is 0 Å². The van der Waals surface area contributed by atoms with E-state index in [9.17, 15) is 8.78 Å². The van der Waals surface area contributed by atoms with E-state index in [1.807, 2.05) is 31.2 Å². The van der Waals surface area contributed by atoms with Gasteiger partial charge in [-0.15, -0.1) is 0 Å². The lowest BCUT2D eigenvalue weighted by Crippen LogP contribution is -2.06. The van der Waals surface area contributed by atoms with Crippen molar-refractivity contribution in [3.8, 4) is 11.1 Å². The van der Waals surface area contributed by atoms with Crippen LogP contribution in [-0.2, 0) is 13.0 Å². The van der Waals surface area contributed by atoms with Crippen molar-refractivity contribution < 1.29 is 13.2 Å². The van der Waals surface area contributed by atoms with Crippen LogP contribution in [0.1, 0.15) is 18.1 Å². The number of nitrogens with one attached hydrogen (secondary N) is 1. The molecule has 0 saturated carbocycles. The summed E-state index contributed by atoms with van der Waals surface area (Å²) < 4.78 is 33.1. The van der Waals surface area contributed by atoms with Gasteiger partial charge >= 0.3 is 0 Å². The van der Waals surface area contributed by atoms with Crippen LogP contribution in [0.2, 0.25) is 5.02 Å². The fraction of sp³-hybridized carbons (Fsp3) is 0.136. The molecule has 3 aromatic carbocycles. The Bertz CT molecular complexity index is 1140. The van der Waals surface area contributed by atoms with E-state index in [1.165, 1.54) is 24.6 Å². The highest BCUT2D eigenvalue weighted by molar-refractivity contribution is 6.34. The number of fused-ring (bicyclic) bond motifs is 1. The molecule has 4 rings (SSSR count). The molecule has 6 heteroatoms. The van der Waals surface area contributed by atoms with Crippen molar-refractivity contribution in [2.75, 3.05) is 5.32 Å². The molecule has 0 radical (unpaired) electrons. The first kappa shape index (κ1) is 18.4. The van der Waals surface area contributed by atoms with Crippen molar-refractivity contribution in [2.24, 2.45) is 0 Å². The van der Waals surface area contributed by atoms with E-state index in [-0.39, 0.29) is 12.1 Å². The average Bonchev–Trinajstić information content (AvgIpc) is 3.14. The second-order valence-electron chi connectivity index (χ2n) is 6.43. The highest BCUT2D eigenvalue weighted by Crippen LogP contribution is 2.34. The number of anilines is 1. The normalized spacial score (nSPS) is 11.1. The van der Waals surface area contributed by atoms with Gasteiger partial charge in [0.2, 0.25) is 0 Å². The molecule has 0 atom stereocenters. The lowest BCUT2D eigenvalue weighted by atomic mass is 10.00. The molecular formula is C22H17ClF2N2O. The molecule has 0 saturated heterocycles. The highest BCUT2D eigenvalue weighted by Gasteiger charge is 2.12. The first-order chi connectivity index (χ1) is 13.6. The van der Waals surface area contributed by atoms with Gasteiger partial charge in [-0.1, -0.05) is 30.7 Å². The summed E-state index contributed by atoms with van der Waals surface area (Å²) >= 11 is 6.43. The lowest BCUT2D eigenvalue weighted by Gasteiger charge is -2.14. The van der Waals surface area contributed by atoms with Crippen LogP contribution in [0.4, 0.5) is 14.5 Å². The van der Waals surface area contributed by atoms with Gasteiger partial charge in [-0.3, -0.25) is 0 Å². The maximum absolute atomic E-state index is 13.9. The number of hydrogen-bond donors (Lipinski definition) is 1. The highest BCUT2D eigenvalue weighted by atomic mass is 35.5. The molecule has 0 aliphatic rings. The van der Waals surface area contributed by atoms with Gasteiger partial charge in [-0.05, 0) is 53.9 Å². The smallest absolute Gasteiger partial charge is 0.181 e. The van der Waals surface area contributed by atoms with Crippen molar-refractivity contribution in [1.29, 1.82) is 0 Å². The van der Waals surface area contributed by atoms with Crippen LogP contribution in [0.3, 0.4) is 0 Å². The number of oxazole rings is 1. The Hall–Kier alpha value is -2.92. The topological polar surface area (TPSA) is 38.1 Å². The summed E-state index contributed by atoms with van der Waals surface area (Å²) in [6.45, 7) is 2.09. The molecule has 0 aliphatic heterocycles. The Morgan fingerprint density at radius 3 is 2.61 bits per heavy atom. The number of aryl methyl sites for hydroxylation is 1. The third-order valence-electron chi connectivity index (χ3n) is 4.73. The maximum Gasteiger partial charge on any atom is 0.181 e. The minimum absolute atomic E-state index is 0.0208. The summed E-state index contributed by atoms with van der Waals surface area (Å²) in [7, 11) is 0. The fourth-order valence-electron chi connectivity index (χ4n) is 3.21. The molecule has 3 nitrogen and oxygen atoms in total. The van der Waals surface area contributed by atoms with Crippen LogP contribution in [0.15, 0.2) is 59.3 Å². The predicted octanol–water partition coefficient (Wildman–Crippen LogP) is 6.60. The van der Waals surface area contributed by atoms with E-state index in [2.05, 4.69) is 10.3 Å². The van der Waals surface area contributed by atoms with E-state index in [1.54, 1.807) is 6.07 Å². The SMILES string of the molecule is CCc1cc(-c2cc3ocnc3cc2Cl)ccc1NCc1c(F)cccc1F. The molecule has 4 aromatic rings. The second kappa shape index (κ2) is 7.60. The zero-order valence-corrected chi connectivity index (χ0v) is 15.9. The minimum Gasteiger partial charge on any atom is -0.443 e. The van der Waals surface area contributed by atoms with Gasteiger partial charge in [0.1, 0.15) is 17.2 Å². The zero-order valence-electron chi connectivity index (χ0n) is 15.1. The Balaban J connectivity index is 1.65. The van der Waals surface area contributed by atoms with E-state index < -0.39 is 11.6 Å². The Labute approximate surface area is 166 Å². The summed E-state index contributed by atoms with van der Waals surface area (Å²) in [5.41, 5.74) is 5.00. The molecule has 0 fully saturated rings. The predicted molar refractivity (Wildman–Crippen MR) is 108 cm³/mol. The van der Waals surface area contributed by atoms with Crippen molar-refractivity contribution in [3.05, 3.63) is 82.7 Å². The van der Waals surface area contributed by atoms with Crippen LogP contribution in [0.25, 0.3) is 22.2 Å². The number of aromatic nitrogens is 1. The quantitative estimate of drug-likeness (QED) is 0.411. The number of rotatable bonds is 5. The standard InChI is InChI=1S/C22H17ClF2N2O/c1-2-13-8-14(15-9-22-21(10-17(15)23)27-12-28-22)6-7-20(13)26-11-16-18(24)4-3-5-19(16)25/h3-10,12,26H,2,11H2,1H3. The first-order valence-corrected chi connectivity index (χ1v) is 9.27. The molecule has 0 unspecified atom stereocenters. The summed E-state index contributed by atoms with van der Waals surface area (Å²) in [6.07, 6.45) is 2.13. The van der Waals surface area contributed by atoms with Gasteiger partial charge in [0.05, 0.1) is 5.02 Å². The second-order valence-corrected chi connectivity index (χ2v) is 6.84. The number of halogens is 3. The maximum atomic E-state index is 13.9. The molecule has 0 spiro atoms. The van der Waals surface area contributed by atoms with Crippen LogP contribution >= 0.6 is 11.6 Å². The van der Waals surface area contributed by atoms with Gasteiger partial charge in [-0.2, -0.15) is 0 Å². The summed E-state index contributed by atoms with van der Waals surface area (Å²) in [6, 6.07) is 13.3. The van der Waals surface area contributed by atoms with E-state index in [4.69, 9.17) is 16.0 Å². The zero-order chi connectivity index (χ0) is 19.7. The van der Waals surface area contributed by atoms with Crippen LogP contribution in [-0.4, -0.2) is 4.98 Å². The van der Waals surface area contributed by atoms with Crippen molar-refractivity contribution in [2.45, 2.75) is 19.9 Å². The molecule has 28 heavy (non-hydrogen) atoms. The van der Waals surface area contributed by atoms with Gasteiger partial charge in [0.15, 0.2) is 12.0 Å². The molecular weight excluding hydrogens is 382 g/mol. The van der Waals surface area contributed by atoms with E-state index in [0.717, 1.165) is 28.8 Å². The minimum atomic E-state index is -0.561. The van der Waals surface area contributed by atoms with Crippen LogP contribution in [0, 0.1) is 11.6 Å². The molecule has 0 amide bonds. The number of nitrogens with zero attached hydrogens (tertiary/aromatic N) is 1. The Kier molecular flexibility index (Phi) is 5.01. The van der Waals surface area contributed by atoms with Crippen molar-refractivity contribution in [1.82, 2.24) is 4.98 Å². The lowest BCUT2D eigenvalue weighted by molar-refractivity contribution is 0.560. The summed E-state index contributed by atoms with van der Waals surface area (Å²) in [5.74, 6) is -1.12. The molecule has 1 N–H and O–H groups in total. The van der Waals surface area contributed by atoms with Crippen LogP contribution < -0.4 is 5.32 Å². The molecule has 0 aliphatic carbocycles. The number of hydrogen-bond acceptors (Lipinski definition) is 3. The largest absolute Gasteiger partial charge is 0.443 e.